The minimum atomic E-state index is 0.757. The van der Waals surface area contributed by atoms with E-state index in [-0.39, 0.29) is 0 Å². The molecule has 0 saturated heterocycles. The van der Waals surface area contributed by atoms with E-state index in [1.165, 1.54) is 5.56 Å². The van der Waals surface area contributed by atoms with Gasteiger partial charge >= 0.3 is 0 Å². The van der Waals surface area contributed by atoms with E-state index in [1.54, 1.807) is 7.11 Å². The van der Waals surface area contributed by atoms with E-state index >= 15 is 0 Å². The number of H-pyrrole nitrogens is 1. The highest BCUT2D eigenvalue weighted by Crippen LogP contribution is 2.20. The Balaban J connectivity index is 1.76. The predicted octanol–water partition coefficient (Wildman–Crippen LogP) is 3.26. The Morgan fingerprint density at radius 2 is 1.76 bits per heavy atom. The highest BCUT2D eigenvalue weighted by molar-refractivity contribution is 5.62. The zero-order chi connectivity index (χ0) is 14.7. The summed E-state index contributed by atoms with van der Waals surface area (Å²) < 4.78 is 5.16. The predicted molar refractivity (Wildman–Crippen MR) is 84.2 cm³/mol. The number of methoxy groups -OCH3 is 1. The lowest BCUT2D eigenvalue weighted by atomic mass is 10.1. The van der Waals surface area contributed by atoms with Crippen LogP contribution in [0.25, 0.3) is 11.3 Å². The maximum absolute atomic E-state index is 5.70. The van der Waals surface area contributed by atoms with Crippen molar-refractivity contribution in [2.24, 2.45) is 0 Å². The van der Waals surface area contributed by atoms with Gasteiger partial charge in [-0.1, -0.05) is 24.3 Å². The molecule has 0 aliphatic heterocycles. The first-order valence-corrected chi connectivity index (χ1v) is 6.78. The highest BCUT2D eigenvalue weighted by atomic mass is 16.5. The van der Waals surface area contributed by atoms with Crippen LogP contribution in [0.3, 0.4) is 0 Å². The molecule has 4 nitrogen and oxygen atoms in total. The average Bonchev–Trinajstić information content (AvgIpc) is 2.97. The van der Waals surface area contributed by atoms with Gasteiger partial charge in [0.25, 0.3) is 0 Å². The number of nitrogens with two attached hydrogens (primary N) is 1. The van der Waals surface area contributed by atoms with Crippen LogP contribution in [0.15, 0.2) is 54.6 Å². The number of aromatic amines is 1. The van der Waals surface area contributed by atoms with Crippen LogP contribution in [0.4, 0.5) is 5.69 Å². The van der Waals surface area contributed by atoms with Gasteiger partial charge in [0.05, 0.1) is 12.8 Å². The van der Waals surface area contributed by atoms with Gasteiger partial charge < -0.3 is 10.5 Å². The SMILES string of the molecule is COc1ccc(Cc2cc(-c3ccc(N)cc3)n[nH]2)cc1. The molecule has 0 radical (unpaired) electrons. The summed E-state index contributed by atoms with van der Waals surface area (Å²) in [4.78, 5) is 0. The fourth-order valence-corrected chi connectivity index (χ4v) is 2.22. The van der Waals surface area contributed by atoms with Gasteiger partial charge in [0.2, 0.25) is 0 Å². The molecule has 3 rings (SSSR count). The minimum absolute atomic E-state index is 0.757. The summed E-state index contributed by atoms with van der Waals surface area (Å²) in [5.74, 6) is 0.867. The summed E-state index contributed by atoms with van der Waals surface area (Å²) in [6.45, 7) is 0. The number of benzene rings is 2. The van der Waals surface area contributed by atoms with Crippen molar-refractivity contribution in [3.05, 3.63) is 65.9 Å². The van der Waals surface area contributed by atoms with Crippen LogP contribution in [0.1, 0.15) is 11.3 Å². The summed E-state index contributed by atoms with van der Waals surface area (Å²) in [7, 11) is 1.67. The number of nitrogens with zero attached hydrogens (tertiary/aromatic N) is 1. The van der Waals surface area contributed by atoms with E-state index in [1.807, 2.05) is 36.4 Å². The lowest BCUT2D eigenvalue weighted by Gasteiger charge is -2.01. The van der Waals surface area contributed by atoms with Gasteiger partial charge in [0.1, 0.15) is 5.75 Å². The van der Waals surface area contributed by atoms with Crippen molar-refractivity contribution < 1.29 is 4.74 Å². The van der Waals surface area contributed by atoms with Gasteiger partial charge in [0, 0.05) is 23.4 Å². The standard InChI is InChI=1S/C17H17N3O/c1-21-16-8-2-12(3-9-16)10-15-11-17(20-19-15)13-4-6-14(18)7-5-13/h2-9,11H,10,18H2,1H3,(H,19,20). The Labute approximate surface area is 123 Å². The van der Waals surface area contributed by atoms with Gasteiger partial charge in [0.15, 0.2) is 0 Å². The third-order valence-corrected chi connectivity index (χ3v) is 3.39. The van der Waals surface area contributed by atoms with E-state index in [0.29, 0.717) is 0 Å². The second-order valence-electron chi connectivity index (χ2n) is 4.93. The number of aromatic nitrogens is 2. The Morgan fingerprint density at radius 3 is 2.43 bits per heavy atom. The number of hydrogen-bond acceptors (Lipinski definition) is 3. The van der Waals surface area contributed by atoms with E-state index in [4.69, 9.17) is 10.5 Å². The van der Waals surface area contributed by atoms with Crippen molar-refractivity contribution in [1.29, 1.82) is 0 Å². The third kappa shape index (κ3) is 3.05. The van der Waals surface area contributed by atoms with E-state index < -0.39 is 0 Å². The molecule has 1 heterocycles. The molecule has 3 N–H and O–H groups in total. The van der Waals surface area contributed by atoms with E-state index in [0.717, 1.165) is 34.8 Å². The first kappa shape index (κ1) is 13.2. The Kier molecular flexibility index (Phi) is 3.60. The highest BCUT2D eigenvalue weighted by Gasteiger charge is 2.05. The average molecular weight is 279 g/mol. The molecule has 0 bridgehead atoms. The van der Waals surface area contributed by atoms with Crippen LogP contribution >= 0.6 is 0 Å². The number of hydrogen-bond donors (Lipinski definition) is 2. The van der Waals surface area contributed by atoms with Crippen LogP contribution in [0, 0.1) is 0 Å². The van der Waals surface area contributed by atoms with Gasteiger partial charge in [-0.05, 0) is 35.9 Å². The van der Waals surface area contributed by atoms with Gasteiger partial charge in [-0.3, -0.25) is 5.10 Å². The summed E-state index contributed by atoms with van der Waals surface area (Å²) in [6, 6.07) is 17.8. The molecule has 0 spiro atoms. The lowest BCUT2D eigenvalue weighted by Crippen LogP contribution is -1.89. The number of ether oxygens (including phenoxy) is 1. The van der Waals surface area contributed by atoms with Gasteiger partial charge in [-0.2, -0.15) is 5.10 Å². The van der Waals surface area contributed by atoms with Crippen LogP contribution in [0.5, 0.6) is 5.75 Å². The Bertz CT molecular complexity index is 715. The van der Waals surface area contributed by atoms with Crippen molar-refractivity contribution in [3.63, 3.8) is 0 Å². The molecule has 1 aromatic heterocycles. The monoisotopic (exact) mass is 279 g/mol. The maximum Gasteiger partial charge on any atom is 0.118 e. The summed E-state index contributed by atoms with van der Waals surface area (Å²) in [5, 5.41) is 7.44. The molecule has 0 atom stereocenters. The van der Waals surface area contributed by atoms with Crippen molar-refractivity contribution in [3.8, 4) is 17.0 Å². The smallest absolute Gasteiger partial charge is 0.118 e. The minimum Gasteiger partial charge on any atom is -0.497 e. The van der Waals surface area contributed by atoms with Crippen LogP contribution in [-0.4, -0.2) is 17.3 Å². The number of nitrogen functional groups attached to an aromatic ring is 1. The molecule has 106 valence electrons. The van der Waals surface area contributed by atoms with Crippen LogP contribution in [-0.2, 0) is 6.42 Å². The summed E-state index contributed by atoms with van der Waals surface area (Å²) in [6.07, 6.45) is 0.811. The topological polar surface area (TPSA) is 63.9 Å². The van der Waals surface area contributed by atoms with Crippen LogP contribution in [0.2, 0.25) is 0 Å². The van der Waals surface area contributed by atoms with Gasteiger partial charge in [-0.15, -0.1) is 0 Å². The number of nitrogens with one attached hydrogen (secondary N) is 1. The molecule has 0 unspecified atom stereocenters. The second-order valence-corrected chi connectivity index (χ2v) is 4.93. The van der Waals surface area contributed by atoms with Crippen molar-refractivity contribution in [2.75, 3.05) is 12.8 Å². The van der Waals surface area contributed by atoms with Crippen molar-refractivity contribution in [1.82, 2.24) is 10.2 Å². The molecule has 4 heteroatoms. The molecule has 3 aromatic rings. The quantitative estimate of drug-likeness (QED) is 0.720. The van der Waals surface area contributed by atoms with Crippen LogP contribution < -0.4 is 10.5 Å². The molecule has 21 heavy (non-hydrogen) atoms. The molecule has 0 saturated carbocycles. The number of rotatable bonds is 4. The summed E-state index contributed by atoms with van der Waals surface area (Å²) >= 11 is 0. The number of anilines is 1. The fourth-order valence-electron chi connectivity index (χ4n) is 2.22. The molecule has 0 aliphatic carbocycles. The van der Waals surface area contributed by atoms with Crippen molar-refractivity contribution in [2.45, 2.75) is 6.42 Å². The Hall–Kier alpha value is -2.75. The first-order chi connectivity index (χ1) is 10.2. The fraction of sp³-hybridized carbons (Fsp3) is 0.118. The van der Waals surface area contributed by atoms with Crippen molar-refractivity contribution >= 4 is 5.69 Å². The second kappa shape index (κ2) is 5.71. The zero-order valence-corrected chi connectivity index (χ0v) is 11.8. The molecule has 0 amide bonds. The lowest BCUT2D eigenvalue weighted by molar-refractivity contribution is 0.414. The van der Waals surface area contributed by atoms with Gasteiger partial charge in [-0.25, -0.2) is 0 Å². The van der Waals surface area contributed by atoms with E-state index in [9.17, 15) is 0 Å². The largest absolute Gasteiger partial charge is 0.497 e. The molecular weight excluding hydrogens is 262 g/mol. The molecule has 0 aliphatic rings. The maximum atomic E-state index is 5.70. The Morgan fingerprint density at radius 1 is 1.05 bits per heavy atom. The summed E-state index contributed by atoms with van der Waals surface area (Å²) in [5.41, 5.74) is 10.7. The third-order valence-electron chi connectivity index (χ3n) is 3.39. The molecular formula is C17H17N3O. The normalized spacial score (nSPS) is 10.5. The first-order valence-electron chi connectivity index (χ1n) is 6.78. The van der Waals surface area contributed by atoms with E-state index in [2.05, 4.69) is 28.4 Å². The molecule has 2 aromatic carbocycles. The zero-order valence-electron chi connectivity index (χ0n) is 11.8. The molecule has 0 fully saturated rings.